The minimum Gasteiger partial charge on any atom is -0.495 e. The molecule has 1 aliphatic rings. The van der Waals surface area contributed by atoms with Gasteiger partial charge < -0.3 is 9.47 Å². The molecule has 0 bridgehead atoms. The summed E-state index contributed by atoms with van der Waals surface area (Å²) in [5, 5.41) is 0.510. The number of hydrogen-bond donors (Lipinski definition) is 0. The molecule has 0 amide bonds. The maximum Gasteiger partial charge on any atom is 0.194 e. The SMILES string of the molecule is CCOC1(C(=O)c2ccc(Cl)c(OC)c2)CCCC1. The maximum atomic E-state index is 12.7. The average Bonchev–Trinajstić information content (AvgIpc) is 2.89. The second kappa shape index (κ2) is 5.93. The molecular formula is C15H19ClO3. The summed E-state index contributed by atoms with van der Waals surface area (Å²) in [5.74, 6) is 0.568. The van der Waals surface area contributed by atoms with Crippen LogP contribution in [-0.2, 0) is 4.74 Å². The van der Waals surface area contributed by atoms with Crippen LogP contribution in [0.4, 0.5) is 0 Å². The molecule has 19 heavy (non-hydrogen) atoms. The van der Waals surface area contributed by atoms with Gasteiger partial charge in [0.05, 0.1) is 12.1 Å². The molecule has 0 spiro atoms. The highest BCUT2D eigenvalue weighted by Crippen LogP contribution is 2.37. The van der Waals surface area contributed by atoms with Crippen molar-refractivity contribution < 1.29 is 14.3 Å². The van der Waals surface area contributed by atoms with Gasteiger partial charge in [0, 0.05) is 12.2 Å². The third kappa shape index (κ3) is 2.77. The minimum atomic E-state index is -0.645. The Labute approximate surface area is 118 Å². The van der Waals surface area contributed by atoms with Crippen LogP contribution in [0.15, 0.2) is 18.2 Å². The molecular weight excluding hydrogens is 264 g/mol. The zero-order chi connectivity index (χ0) is 13.9. The minimum absolute atomic E-state index is 0.0433. The molecule has 0 N–H and O–H groups in total. The van der Waals surface area contributed by atoms with E-state index in [0.717, 1.165) is 25.7 Å². The number of carbonyl (C=O) groups is 1. The van der Waals surface area contributed by atoms with Crippen LogP contribution in [0.2, 0.25) is 5.02 Å². The largest absolute Gasteiger partial charge is 0.495 e. The summed E-state index contributed by atoms with van der Waals surface area (Å²) in [6.07, 6.45) is 3.67. The summed E-state index contributed by atoms with van der Waals surface area (Å²) in [4.78, 5) is 12.7. The highest BCUT2D eigenvalue weighted by Gasteiger charge is 2.42. The highest BCUT2D eigenvalue weighted by molar-refractivity contribution is 6.32. The third-order valence-electron chi connectivity index (χ3n) is 3.66. The fourth-order valence-electron chi connectivity index (χ4n) is 2.72. The number of hydrogen-bond acceptors (Lipinski definition) is 3. The molecule has 2 rings (SSSR count). The monoisotopic (exact) mass is 282 g/mol. The molecule has 1 saturated carbocycles. The lowest BCUT2D eigenvalue weighted by atomic mass is 9.91. The molecule has 1 fully saturated rings. The van der Waals surface area contributed by atoms with Crippen molar-refractivity contribution >= 4 is 17.4 Å². The van der Waals surface area contributed by atoms with Crippen molar-refractivity contribution in [3.8, 4) is 5.75 Å². The van der Waals surface area contributed by atoms with Gasteiger partial charge in [-0.15, -0.1) is 0 Å². The molecule has 3 nitrogen and oxygen atoms in total. The van der Waals surface area contributed by atoms with Crippen LogP contribution < -0.4 is 4.74 Å². The number of carbonyl (C=O) groups excluding carboxylic acids is 1. The molecule has 0 atom stereocenters. The smallest absolute Gasteiger partial charge is 0.194 e. The van der Waals surface area contributed by atoms with E-state index in [1.165, 1.54) is 0 Å². The van der Waals surface area contributed by atoms with Crippen molar-refractivity contribution in [2.45, 2.75) is 38.2 Å². The number of methoxy groups -OCH3 is 1. The second-order valence-corrected chi connectivity index (χ2v) is 5.22. The molecule has 0 unspecified atom stereocenters. The first-order chi connectivity index (χ1) is 9.13. The van der Waals surface area contributed by atoms with Crippen molar-refractivity contribution in [3.63, 3.8) is 0 Å². The van der Waals surface area contributed by atoms with Gasteiger partial charge in [0.2, 0.25) is 0 Å². The van der Waals surface area contributed by atoms with Crippen LogP contribution in [-0.4, -0.2) is 25.1 Å². The van der Waals surface area contributed by atoms with Crippen molar-refractivity contribution in [2.24, 2.45) is 0 Å². The Morgan fingerprint density at radius 1 is 1.37 bits per heavy atom. The molecule has 1 aromatic rings. The first-order valence-electron chi connectivity index (χ1n) is 6.65. The van der Waals surface area contributed by atoms with E-state index >= 15 is 0 Å². The Bertz CT molecular complexity index is 464. The summed E-state index contributed by atoms with van der Waals surface area (Å²) in [5.41, 5.74) is -0.0373. The first kappa shape index (κ1) is 14.4. The number of halogens is 1. The average molecular weight is 283 g/mol. The van der Waals surface area contributed by atoms with Gasteiger partial charge in [-0.25, -0.2) is 0 Å². The summed E-state index contributed by atoms with van der Waals surface area (Å²) in [7, 11) is 1.54. The lowest BCUT2D eigenvalue weighted by molar-refractivity contribution is -0.0163. The number of ketones is 1. The highest BCUT2D eigenvalue weighted by atomic mass is 35.5. The van der Waals surface area contributed by atoms with Crippen molar-refractivity contribution in [1.29, 1.82) is 0 Å². The summed E-state index contributed by atoms with van der Waals surface area (Å²) in [6, 6.07) is 5.14. The van der Waals surface area contributed by atoms with E-state index in [4.69, 9.17) is 21.1 Å². The second-order valence-electron chi connectivity index (χ2n) is 4.81. The lowest BCUT2D eigenvalue weighted by Crippen LogP contribution is -2.38. The molecule has 0 saturated heterocycles. The number of ether oxygens (including phenoxy) is 2. The molecule has 104 valence electrons. The predicted octanol–water partition coefficient (Wildman–Crippen LogP) is 3.88. The Balaban J connectivity index is 2.32. The topological polar surface area (TPSA) is 35.5 Å². The van der Waals surface area contributed by atoms with Crippen LogP contribution >= 0.6 is 11.6 Å². The van der Waals surface area contributed by atoms with Gasteiger partial charge >= 0.3 is 0 Å². The molecule has 0 aromatic heterocycles. The maximum absolute atomic E-state index is 12.7. The fraction of sp³-hybridized carbons (Fsp3) is 0.533. The quantitative estimate of drug-likeness (QED) is 0.769. The Morgan fingerprint density at radius 2 is 2.05 bits per heavy atom. The van der Waals surface area contributed by atoms with Crippen LogP contribution in [0.1, 0.15) is 43.0 Å². The Morgan fingerprint density at radius 3 is 2.63 bits per heavy atom. The normalized spacial score (nSPS) is 17.4. The van der Waals surface area contributed by atoms with E-state index in [0.29, 0.717) is 22.9 Å². The van der Waals surface area contributed by atoms with Crippen LogP contribution in [0.25, 0.3) is 0 Å². The predicted molar refractivity (Wildman–Crippen MR) is 75.2 cm³/mol. The van der Waals surface area contributed by atoms with Crippen molar-refractivity contribution in [1.82, 2.24) is 0 Å². The van der Waals surface area contributed by atoms with E-state index in [-0.39, 0.29) is 5.78 Å². The zero-order valence-corrected chi connectivity index (χ0v) is 12.1. The lowest BCUT2D eigenvalue weighted by Gasteiger charge is -2.27. The molecule has 0 radical (unpaired) electrons. The Kier molecular flexibility index (Phi) is 4.48. The van der Waals surface area contributed by atoms with Crippen molar-refractivity contribution in [3.05, 3.63) is 28.8 Å². The Hall–Kier alpha value is -1.06. The zero-order valence-electron chi connectivity index (χ0n) is 11.4. The van der Waals surface area contributed by atoms with Crippen LogP contribution in [0.3, 0.4) is 0 Å². The van der Waals surface area contributed by atoms with Gasteiger partial charge in [-0.2, -0.15) is 0 Å². The van der Waals surface area contributed by atoms with E-state index in [9.17, 15) is 4.79 Å². The third-order valence-corrected chi connectivity index (χ3v) is 3.97. The summed E-state index contributed by atoms with van der Waals surface area (Å²) in [6.45, 7) is 2.48. The summed E-state index contributed by atoms with van der Waals surface area (Å²) < 4.78 is 11.0. The standard InChI is InChI=1S/C15H19ClO3/c1-3-19-15(8-4-5-9-15)14(17)11-6-7-12(16)13(10-11)18-2/h6-7,10H,3-5,8-9H2,1-2H3. The van der Waals surface area contributed by atoms with Gasteiger partial charge in [0.25, 0.3) is 0 Å². The number of rotatable bonds is 5. The van der Waals surface area contributed by atoms with Gasteiger partial charge in [-0.05, 0) is 50.8 Å². The molecule has 1 aliphatic carbocycles. The molecule has 0 aliphatic heterocycles. The van der Waals surface area contributed by atoms with Gasteiger partial charge in [-0.3, -0.25) is 4.79 Å². The van der Waals surface area contributed by atoms with Crippen molar-refractivity contribution in [2.75, 3.05) is 13.7 Å². The van der Waals surface area contributed by atoms with E-state index in [1.54, 1.807) is 25.3 Å². The number of Topliss-reactive ketones (excluding diaryl/α,β-unsaturated/α-hetero) is 1. The molecule has 0 heterocycles. The van der Waals surface area contributed by atoms with Gasteiger partial charge in [0.1, 0.15) is 11.4 Å². The van der Waals surface area contributed by atoms with Gasteiger partial charge in [0.15, 0.2) is 5.78 Å². The molecule has 1 aromatic carbocycles. The van der Waals surface area contributed by atoms with Crippen LogP contribution in [0.5, 0.6) is 5.75 Å². The van der Waals surface area contributed by atoms with E-state index < -0.39 is 5.60 Å². The van der Waals surface area contributed by atoms with Gasteiger partial charge in [-0.1, -0.05) is 11.6 Å². The van der Waals surface area contributed by atoms with E-state index in [1.807, 2.05) is 6.92 Å². The summed E-state index contributed by atoms with van der Waals surface area (Å²) >= 11 is 5.99. The van der Waals surface area contributed by atoms with E-state index in [2.05, 4.69) is 0 Å². The first-order valence-corrected chi connectivity index (χ1v) is 7.03. The number of benzene rings is 1. The molecule has 4 heteroatoms. The van der Waals surface area contributed by atoms with Crippen LogP contribution in [0, 0.1) is 0 Å². The fourth-order valence-corrected chi connectivity index (χ4v) is 2.92.